The average Bonchev–Trinajstić information content (AvgIpc) is 3.17. The van der Waals surface area contributed by atoms with E-state index in [0.29, 0.717) is 6.54 Å². The Morgan fingerprint density at radius 1 is 1.22 bits per heavy atom. The van der Waals surface area contributed by atoms with Gasteiger partial charge in [0.15, 0.2) is 0 Å². The minimum atomic E-state index is -5.08. The Labute approximate surface area is 183 Å². The lowest BCUT2D eigenvalue weighted by molar-refractivity contribution is -0.192. The molecule has 0 atom stereocenters. The van der Waals surface area contributed by atoms with Gasteiger partial charge in [0.1, 0.15) is 6.61 Å². The summed E-state index contributed by atoms with van der Waals surface area (Å²) in [6, 6.07) is 9.91. The first-order chi connectivity index (χ1) is 15.1. The highest BCUT2D eigenvalue weighted by Crippen LogP contribution is 2.33. The lowest BCUT2D eigenvalue weighted by Crippen LogP contribution is -2.58. The smallest absolute Gasteiger partial charge is 0.475 e. The van der Waals surface area contributed by atoms with Gasteiger partial charge in [-0.2, -0.15) is 18.3 Å². The lowest BCUT2D eigenvalue weighted by Gasteiger charge is -2.47. The van der Waals surface area contributed by atoms with Gasteiger partial charge in [-0.3, -0.25) is 14.4 Å². The van der Waals surface area contributed by atoms with Gasteiger partial charge in [0.05, 0.1) is 18.3 Å². The van der Waals surface area contributed by atoms with Crippen molar-refractivity contribution in [3.8, 4) is 0 Å². The van der Waals surface area contributed by atoms with Crippen LogP contribution in [0.4, 0.5) is 18.9 Å². The molecule has 3 heterocycles. The summed E-state index contributed by atoms with van der Waals surface area (Å²) in [6.07, 6.45) is 0.808. The van der Waals surface area contributed by atoms with Crippen molar-refractivity contribution in [2.24, 2.45) is 7.05 Å². The minimum absolute atomic E-state index is 0.0506. The van der Waals surface area contributed by atoms with E-state index < -0.39 is 12.1 Å². The van der Waals surface area contributed by atoms with Crippen molar-refractivity contribution < 1.29 is 32.6 Å². The Kier molecular flexibility index (Phi) is 7.19. The van der Waals surface area contributed by atoms with Gasteiger partial charge in [-0.25, -0.2) is 4.79 Å². The fourth-order valence-corrected chi connectivity index (χ4v) is 3.79. The number of morpholine rings is 1. The number of carboxylic acid groups (broad SMARTS) is 1. The second kappa shape index (κ2) is 9.70. The molecule has 2 aliphatic heterocycles. The average molecular weight is 454 g/mol. The number of rotatable bonds is 3. The Morgan fingerprint density at radius 3 is 2.38 bits per heavy atom. The number of likely N-dealkylation sites (tertiary alicyclic amines) is 1. The number of carbonyl (C=O) groups is 2. The normalized spacial score (nSPS) is 18.9. The molecule has 8 nitrogen and oxygen atoms in total. The van der Waals surface area contributed by atoms with Crippen molar-refractivity contribution in [3.63, 3.8) is 0 Å². The maximum atomic E-state index is 12.3. The monoisotopic (exact) mass is 454 g/mol. The molecular weight excluding hydrogens is 429 g/mol. The highest BCUT2D eigenvalue weighted by Gasteiger charge is 2.42. The van der Waals surface area contributed by atoms with Crippen LogP contribution in [0.15, 0.2) is 42.7 Å². The van der Waals surface area contributed by atoms with Crippen molar-refractivity contribution in [2.75, 3.05) is 31.1 Å². The molecule has 32 heavy (non-hydrogen) atoms. The fraction of sp³-hybridized carbons (Fsp3) is 0.476. The zero-order chi connectivity index (χ0) is 23.4. The van der Waals surface area contributed by atoms with E-state index in [1.54, 1.807) is 0 Å². The summed E-state index contributed by atoms with van der Waals surface area (Å²) in [5, 5.41) is 11.4. The number of amides is 1. The Bertz CT molecular complexity index is 925. The van der Waals surface area contributed by atoms with Crippen LogP contribution >= 0.6 is 0 Å². The van der Waals surface area contributed by atoms with Crippen molar-refractivity contribution in [2.45, 2.75) is 31.2 Å². The van der Waals surface area contributed by atoms with E-state index >= 15 is 0 Å². The first-order valence-electron chi connectivity index (χ1n) is 10.1. The molecule has 1 N–H and O–H groups in total. The van der Waals surface area contributed by atoms with Crippen molar-refractivity contribution in [1.82, 2.24) is 14.7 Å². The van der Waals surface area contributed by atoms with Gasteiger partial charge in [-0.1, -0.05) is 18.2 Å². The highest BCUT2D eigenvalue weighted by atomic mass is 19.4. The van der Waals surface area contributed by atoms with Crippen LogP contribution in [0.25, 0.3) is 0 Å². The summed E-state index contributed by atoms with van der Waals surface area (Å²) in [4.78, 5) is 25.5. The molecule has 1 amide bonds. The van der Waals surface area contributed by atoms with Gasteiger partial charge in [0.2, 0.25) is 0 Å². The number of halogens is 3. The molecule has 2 aromatic rings. The van der Waals surface area contributed by atoms with Crippen LogP contribution in [0.3, 0.4) is 0 Å². The van der Waals surface area contributed by atoms with E-state index in [2.05, 4.69) is 16.2 Å². The third-order valence-corrected chi connectivity index (χ3v) is 5.49. The molecule has 2 saturated heterocycles. The van der Waals surface area contributed by atoms with Crippen LogP contribution in [0.2, 0.25) is 0 Å². The van der Waals surface area contributed by atoms with Crippen molar-refractivity contribution >= 4 is 17.6 Å². The van der Waals surface area contributed by atoms with E-state index in [-0.39, 0.29) is 18.1 Å². The molecule has 0 aliphatic carbocycles. The number of carbonyl (C=O) groups excluding carboxylic acids is 1. The molecule has 2 aliphatic rings. The van der Waals surface area contributed by atoms with E-state index in [1.165, 1.54) is 5.56 Å². The summed E-state index contributed by atoms with van der Waals surface area (Å²) >= 11 is 0. The molecule has 4 rings (SSSR count). The minimum Gasteiger partial charge on any atom is -0.475 e. The predicted molar refractivity (Wildman–Crippen MR) is 109 cm³/mol. The topological polar surface area (TPSA) is 87.9 Å². The molecule has 0 saturated carbocycles. The predicted octanol–water partition coefficient (Wildman–Crippen LogP) is 2.45. The number of para-hydroxylation sites is 1. The molecule has 1 aromatic carbocycles. The van der Waals surface area contributed by atoms with Gasteiger partial charge >= 0.3 is 12.1 Å². The maximum Gasteiger partial charge on any atom is 0.490 e. The van der Waals surface area contributed by atoms with Crippen molar-refractivity contribution in [3.05, 3.63) is 48.3 Å². The summed E-state index contributed by atoms with van der Waals surface area (Å²) in [5.74, 6) is -2.71. The number of nitrogens with zero attached hydrogens (tertiary/aromatic N) is 4. The fourth-order valence-electron chi connectivity index (χ4n) is 3.79. The zero-order valence-electron chi connectivity index (χ0n) is 17.6. The molecule has 1 aromatic heterocycles. The highest BCUT2D eigenvalue weighted by molar-refractivity contribution is 5.95. The van der Waals surface area contributed by atoms with E-state index in [1.807, 2.05) is 53.2 Å². The van der Waals surface area contributed by atoms with Crippen LogP contribution in [-0.2, 0) is 27.9 Å². The Hall–Kier alpha value is -2.92. The molecule has 11 heteroatoms. The maximum absolute atomic E-state index is 12.3. The van der Waals surface area contributed by atoms with Gasteiger partial charge in [-0.05, 0) is 25.0 Å². The number of hydrogen-bond donors (Lipinski definition) is 1. The number of ether oxygens (including phenoxy) is 1. The first-order valence-corrected chi connectivity index (χ1v) is 10.1. The van der Waals surface area contributed by atoms with Gasteiger partial charge in [0.25, 0.3) is 5.91 Å². The SMILES string of the molecule is Cn1cc(CN2CCC3(CC2)CN(c2ccccc2)C(=O)CO3)cn1.O=C(O)C(F)(F)F. The molecular formula is C21H25F3N4O4. The quantitative estimate of drug-likeness (QED) is 0.767. The third-order valence-electron chi connectivity index (χ3n) is 5.49. The third kappa shape index (κ3) is 6.07. The van der Waals surface area contributed by atoms with Gasteiger partial charge in [0, 0.05) is 44.1 Å². The Morgan fingerprint density at radius 2 is 1.84 bits per heavy atom. The van der Waals surface area contributed by atoms with Crippen LogP contribution in [0.1, 0.15) is 18.4 Å². The summed E-state index contributed by atoms with van der Waals surface area (Å²) in [6.45, 7) is 3.71. The number of hydrogen-bond acceptors (Lipinski definition) is 5. The van der Waals surface area contributed by atoms with Gasteiger partial charge < -0.3 is 14.7 Å². The molecule has 0 unspecified atom stereocenters. The Balaban J connectivity index is 0.000000360. The van der Waals surface area contributed by atoms with Crippen LogP contribution in [-0.4, -0.2) is 69.7 Å². The summed E-state index contributed by atoms with van der Waals surface area (Å²) < 4.78 is 39.6. The lowest BCUT2D eigenvalue weighted by atomic mass is 9.89. The van der Waals surface area contributed by atoms with Crippen LogP contribution < -0.4 is 4.90 Å². The number of alkyl halides is 3. The second-order valence-corrected chi connectivity index (χ2v) is 7.89. The van der Waals surface area contributed by atoms with Crippen molar-refractivity contribution in [1.29, 1.82) is 0 Å². The van der Waals surface area contributed by atoms with Crippen LogP contribution in [0, 0.1) is 0 Å². The molecule has 1 spiro atoms. The number of aryl methyl sites for hydroxylation is 1. The molecule has 0 radical (unpaired) electrons. The zero-order valence-corrected chi connectivity index (χ0v) is 17.6. The largest absolute Gasteiger partial charge is 0.490 e. The number of piperidine rings is 1. The van der Waals surface area contributed by atoms with E-state index in [0.717, 1.165) is 38.2 Å². The number of benzene rings is 1. The van der Waals surface area contributed by atoms with E-state index in [4.69, 9.17) is 14.6 Å². The summed E-state index contributed by atoms with van der Waals surface area (Å²) in [5.41, 5.74) is 1.99. The standard InChI is InChI=1S/C19H24N4O2.C2HF3O2/c1-21-12-16(11-20-21)13-22-9-7-19(8-10-22)15-23(18(24)14-25-19)17-5-3-2-4-6-17;3-2(4,5)1(6)7/h2-6,11-12H,7-10,13-15H2,1H3;(H,6,7). The van der Waals surface area contributed by atoms with E-state index in [9.17, 15) is 18.0 Å². The first kappa shape index (κ1) is 23.7. The second-order valence-electron chi connectivity index (χ2n) is 7.89. The molecule has 0 bridgehead atoms. The summed E-state index contributed by atoms with van der Waals surface area (Å²) in [7, 11) is 1.94. The number of aromatic nitrogens is 2. The number of carboxylic acids is 1. The van der Waals surface area contributed by atoms with Crippen LogP contribution in [0.5, 0.6) is 0 Å². The number of aliphatic carboxylic acids is 1. The molecule has 2 fully saturated rings. The molecule has 174 valence electrons. The number of anilines is 1. The van der Waals surface area contributed by atoms with Gasteiger partial charge in [-0.15, -0.1) is 0 Å².